The zero-order valence-electron chi connectivity index (χ0n) is 10.7. The van der Waals surface area contributed by atoms with Crippen molar-refractivity contribution in [2.24, 2.45) is 5.84 Å². The first kappa shape index (κ1) is 16.4. The van der Waals surface area contributed by atoms with Gasteiger partial charge >= 0.3 is 0 Å². The van der Waals surface area contributed by atoms with Crippen LogP contribution in [0.1, 0.15) is 31.4 Å². The van der Waals surface area contributed by atoms with Gasteiger partial charge in [0.1, 0.15) is 15.7 Å². The molecular weight excluding hydrogens is 291 g/mol. The summed E-state index contributed by atoms with van der Waals surface area (Å²) < 4.78 is 36.5. The molecule has 19 heavy (non-hydrogen) atoms. The minimum Gasteiger partial charge on any atom is -0.271 e. The number of nitrogens with one attached hydrogen (secondary N) is 1. The lowest BCUT2D eigenvalue weighted by atomic mass is 10.0. The molecule has 0 saturated heterocycles. The molecular formula is C12H18ClFN2O2S. The highest BCUT2D eigenvalue weighted by Crippen LogP contribution is 2.28. The quantitative estimate of drug-likeness (QED) is 0.598. The Morgan fingerprint density at radius 2 is 2.16 bits per heavy atom. The van der Waals surface area contributed by atoms with Gasteiger partial charge in [-0.1, -0.05) is 24.6 Å². The molecule has 3 N–H and O–H groups in total. The first-order valence-electron chi connectivity index (χ1n) is 6.01. The van der Waals surface area contributed by atoms with Crippen LogP contribution in [-0.4, -0.2) is 19.9 Å². The summed E-state index contributed by atoms with van der Waals surface area (Å²) in [5.41, 5.74) is 2.76. The van der Waals surface area contributed by atoms with Crippen molar-refractivity contribution in [1.82, 2.24) is 5.43 Å². The standard InChI is InChI=1S/C12H18ClFN2O2S/c1-2-19(17,18)8-4-7-11(16-15)12-9(13)5-3-6-10(12)14/h3,5-6,11,16H,2,4,7-8,15H2,1H3. The van der Waals surface area contributed by atoms with E-state index in [0.717, 1.165) is 0 Å². The predicted molar refractivity (Wildman–Crippen MR) is 75.0 cm³/mol. The molecule has 0 bridgehead atoms. The third-order valence-corrected chi connectivity index (χ3v) is 5.06. The summed E-state index contributed by atoms with van der Waals surface area (Å²) >= 11 is 5.95. The number of nitrogens with two attached hydrogens (primary N) is 1. The van der Waals surface area contributed by atoms with E-state index in [-0.39, 0.29) is 22.1 Å². The largest absolute Gasteiger partial charge is 0.271 e. The number of halogens is 2. The normalized spacial score (nSPS) is 13.5. The summed E-state index contributed by atoms with van der Waals surface area (Å²) in [5.74, 6) is 5.12. The fourth-order valence-electron chi connectivity index (χ4n) is 1.81. The summed E-state index contributed by atoms with van der Waals surface area (Å²) in [6, 6.07) is 3.89. The highest BCUT2D eigenvalue weighted by Gasteiger charge is 2.18. The highest BCUT2D eigenvalue weighted by atomic mass is 35.5. The maximum atomic E-state index is 13.7. The summed E-state index contributed by atoms with van der Waals surface area (Å²) in [4.78, 5) is 0. The zero-order chi connectivity index (χ0) is 14.5. The smallest absolute Gasteiger partial charge is 0.150 e. The van der Waals surface area contributed by atoms with Gasteiger partial charge in [-0.15, -0.1) is 0 Å². The van der Waals surface area contributed by atoms with E-state index in [1.807, 2.05) is 0 Å². The number of benzene rings is 1. The van der Waals surface area contributed by atoms with E-state index >= 15 is 0 Å². The summed E-state index contributed by atoms with van der Waals surface area (Å²) in [5, 5.41) is 0.279. The lowest BCUT2D eigenvalue weighted by molar-refractivity contribution is 0.480. The average Bonchev–Trinajstić information content (AvgIpc) is 2.36. The number of sulfone groups is 1. The maximum Gasteiger partial charge on any atom is 0.150 e. The van der Waals surface area contributed by atoms with E-state index in [2.05, 4.69) is 5.43 Å². The number of hydrazine groups is 1. The molecule has 0 heterocycles. The SMILES string of the molecule is CCS(=O)(=O)CCCC(NN)c1c(F)cccc1Cl. The summed E-state index contributed by atoms with van der Waals surface area (Å²) in [7, 11) is -3.02. The Balaban J connectivity index is 2.74. The Kier molecular flexibility index (Phi) is 6.19. The Hall–Kier alpha value is -0.690. The van der Waals surface area contributed by atoms with Crippen LogP contribution >= 0.6 is 11.6 Å². The van der Waals surface area contributed by atoms with Crippen LogP contribution in [0.4, 0.5) is 4.39 Å². The van der Waals surface area contributed by atoms with Gasteiger partial charge in [0.15, 0.2) is 0 Å². The van der Waals surface area contributed by atoms with Gasteiger partial charge in [-0.2, -0.15) is 0 Å². The van der Waals surface area contributed by atoms with Crippen LogP contribution in [0.15, 0.2) is 18.2 Å². The molecule has 7 heteroatoms. The van der Waals surface area contributed by atoms with Crippen LogP contribution in [0.25, 0.3) is 0 Å². The molecule has 0 radical (unpaired) electrons. The lowest BCUT2D eigenvalue weighted by Crippen LogP contribution is -2.29. The van der Waals surface area contributed by atoms with Crippen molar-refractivity contribution in [1.29, 1.82) is 0 Å². The first-order chi connectivity index (χ1) is 8.91. The van der Waals surface area contributed by atoms with Crippen LogP contribution in [-0.2, 0) is 9.84 Å². The van der Waals surface area contributed by atoms with Gasteiger partial charge in [0, 0.05) is 16.3 Å². The van der Waals surface area contributed by atoms with Crippen LogP contribution in [0, 0.1) is 5.82 Å². The second-order valence-corrected chi connectivity index (χ2v) is 7.11. The molecule has 108 valence electrons. The topological polar surface area (TPSA) is 72.2 Å². The summed E-state index contributed by atoms with van der Waals surface area (Å²) in [6.45, 7) is 1.60. The van der Waals surface area contributed by atoms with E-state index in [1.165, 1.54) is 12.1 Å². The minimum absolute atomic E-state index is 0.0632. The van der Waals surface area contributed by atoms with Crippen LogP contribution < -0.4 is 11.3 Å². The molecule has 1 unspecified atom stereocenters. The number of rotatable bonds is 7. The molecule has 0 saturated carbocycles. The van der Waals surface area contributed by atoms with Crippen LogP contribution in [0.3, 0.4) is 0 Å². The molecule has 1 aromatic carbocycles. The van der Waals surface area contributed by atoms with Gasteiger partial charge in [0.25, 0.3) is 0 Å². The van der Waals surface area contributed by atoms with Gasteiger partial charge in [0.2, 0.25) is 0 Å². The van der Waals surface area contributed by atoms with Crippen molar-refractivity contribution in [3.8, 4) is 0 Å². The third kappa shape index (κ3) is 4.72. The maximum absolute atomic E-state index is 13.7. The number of hydrogen-bond donors (Lipinski definition) is 2. The average molecular weight is 309 g/mol. The molecule has 4 nitrogen and oxygen atoms in total. The molecule has 1 atom stereocenters. The van der Waals surface area contributed by atoms with Crippen molar-refractivity contribution >= 4 is 21.4 Å². The van der Waals surface area contributed by atoms with Crippen LogP contribution in [0.5, 0.6) is 0 Å². The van der Waals surface area contributed by atoms with E-state index in [1.54, 1.807) is 13.0 Å². The minimum atomic E-state index is -3.02. The van der Waals surface area contributed by atoms with Gasteiger partial charge in [-0.25, -0.2) is 12.8 Å². The predicted octanol–water partition coefficient (Wildman–Crippen LogP) is 2.20. The van der Waals surface area contributed by atoms with Crippen molar-refractivity contribution in [3.05, 3.63) is 34.6 Å². The molecule has 0 aliphatic heterocycles. The number of hydrogen-bond acceptors (Lipinski definition) is 4. The Morgan fingerprint density at radius 1 is 1.47 bits per heavy atom. The Morgan fingerprint density at radius 3 is 2.68 bits per heavy atom. The van der Waals surface area contributed by atoms with Crippen molar-refractivity contribution in [2.75, 3.05) is 11.5 Å². The second kappa shape index (κ2) is 7.19. The van der Waals surface area contributed by atoms with E-state index in [0.29, 0.717) is 12.8 Å². The van der Waals surface area contributed by atoms with E-state index in [9.17, 15) is 12.8 Å². The zero-order valence-corrected chi connectivity index (χ0v) is 12.3. The van der Waals surface area contributed by atoms with E-state index in [4.69, 9.17) is 17.4 Å². The van der Waals surface area contributed by atoms with Gasteiger partial charge < -0.3 is 0 Å². The molecule has 0 spiro atoms. The van der Waals surface area contributed by atoms with Crippen molar-refractivity contribution < 1.29 is 12.8 Å². The molecule has 1 aromatic rings. The molecule has 0 fully saturated rings. The fraction of sp³-hybridized carbons (Fsp3) is 0.500. The van der Waals surface area contributed by atoms with Crippen LogP contribution in [0.2, 0.25) is 5.02 Å². The second-order valence-electron chi connectivity index (χ2n) is 4.23. The molecule has 0 amide bonds. The van der Waals surface area contributed by atoms with Crippen molar-refractivity contribution in [2.45, 2.75) is 25.8 Å². The monoisotopic (exact) mass is 308 g/mol. The Bertz CT molecular complexity index is 502. The molecule has 0 aliphatic carbocycles. The third-order valence-electron chi connectivity index (χ3n) is 2.94. The molecule has 1 rings (SSSR count). The van der Waals surface area contributed by atoms with Gasteiger partial charge in [0.05, 0.1) is 11.8 Å². The van der Waals surface area contributed by atoms with E-state index < -0.39 is 21.7 Å². The lowest BCUT2D eigenvalue weighted by Gasteiger charge is -2.18. The fourth-order valence-corrected chi connectivity index (χ4v) is 3.00. The highest BCUT2D eigenvalue weighted by molar-refractivity contribution is 7.91. The summed E-state index contributed by atoms with van der Waals surface area (Å²) in [6.07, 6.45) is 0.798. The Labute approximate surface area is 118 Å². The first-order valence-corrected chi connectivity index (χ1v) is 8.21. The van der Waals surface area contributed by atoms with Gasteiger partial charge in [-0.3, -0.25) is 11.3 Å². The molecule has 0 aromatic heterocycles. The van der Waals surface area contributed by atoms with Crippen molar-refractivity contribution in [3.63, 3.8) is 0 Å². The van der Waals surface area contributed by atoms with Gasteiger partial charge in [-0.05, 0) is 25.0 Å². The molecule has 0 aliphatic rings.